The normalized spacial score (nSPS) is 8.89. The van der Waals surface area contributed by atoms with Gasteiger partial charge in [-0.15, -0.1) is 4.91 Å². The van der Waals surface area contributed by atoms with Gasteiger partial charge in [-0.05, 0) is 17.4 Å². The van der Waals surface area contributed by atoms with E-state index in [2.05, 4.69) is 27.4 Å². The van der Waals surface area contributed by atoms with Crippen LogP contribution in [-0.2, 0) is 0 Å². The minimum atomic E-state index is 0.204. The van der Waals surface area contributed by atoms with E-state index in [1.165, 1.54) is 12.3 Å². The van der Waals surface area contributed by atoms with Gasteiger partial charge in [0, 0.05) is 12.3 Å². The van der Waals surface area contributed by atoms with Crippen LogP contribution in [0.15, 0.2) is 17.4 Å². The largest absolute Gasteiger partial charge is 0.313 e. The molecule has 0 fully saturated rings. The van der Waals surface area contributed by atoms with Crippen molar-refractivity contribution in [1.29, 1.82) is 0 Å². The van der Waals surface area contributed by atoms with Crippen LogP contribution < -0.4 is 0 Å². The number of hydrogen-bond acceptors (Lipinski definition) is 4. The van der Waals surface area contributed by atoms with Gasteiger partial charge < -0.3 is 4.98 Å². The lowest BCUT2D eigenvalue weighted by atomic mass is 10.6. The van der Waals surface area contributed by atoms with Crippen molar-refractivity contribution < 1.29 is 0 Å². The highest BCUT2D eigenvalue weighted by molar-refractivity contribution is 7.71. The molecule has 1 aromatic heterocycles. The summed E-state index contributed by atoms with van der Waals surface area (Å²) in [6.45, 7) is 0. The molecule has 4 nitrogen and oxygen atoms in total. The predicted octanol–water partition coefficient (Wildman–Crippen LogP) is 1.54. The van der Waals surface area contributed by atoms with Crippen LogP contribution in [0.25, 0.3) is 0 Å². The lowest BCUT2D eigenvalue weighted by Gasteiger charge is -1.84. The lowest BCUT2D eigenvalue weighted by molar-refractivity contribution is 1.12. The maximum absolute atomic E-state index is 9.80. The van der Waals surface area contributed by atoms with Crippen LogP contribution >= 0.6 is 12.2 Å². The highest BCUT2D eigenvalue weighted by Gasteiger charge is 1.85. The summed E-state index contributed by atoms with van der Waals surface area (Å²) in [7, 11) is 0. The molecule has 1 rings (SSSR count). The Morgan fingerprint density at radius 1 is 1.78 bits per heavy atom. The summed E-state index contributed by atoms with van der Waals surface area (Å²) in [5, 5.41) is 2.62. The first kappa shape index (κ1) is 6.03. The van der Waals surface area contributed by atoms with Gasteiger partial charge in [0.2, 0.25) is 0 Å². The monoisotopic (exact) mass is 141 g/mol. The zero-order valence-electron chi connectivity index (χ0n) is 4.37. The summed E-state index contributed by atoms with van der Waals surface area (Å²) >= 11 is 4.60. The van der Waals surface area contributed by atoms with Crippen molar-refractivity contribution >= 4 is 18.0 Å². The van der Waals surface area contributed by atoms with Gasteiger partial charge in [0.25, 0.3) is 0 Å². The number of nitroso groups, excluding NO2 is 1. The van der Waals surface area contributed by atoms with Crippen LogP contribution in [0.2, 0.25) is 0 Å². The molecular weight excluding hydrogens is 138 g/mol. The Morgan fingerprint density at radius 3 is 3.00 bits per heavy atom. The van der Waals surface area contributed by atoms with Gasteiger partial charge in [-0.3, -0.25) is 0 Å². The van der Waals surface area contributed by atoms with Crippen LogP contribution in [0, 0.1) is 9.68 Å². The number of H-pyrrole nitrogens is 1. The van der Waals surface area contributed by atoms with E-state index in [0.29, 0.717) is 0 Å². The average Bonchev–Trinajstić information content (AvgIpc) is 1.88. The fourth-order valence-corrected chi connectivity index (χ4v) is 0.578. The summed E-state index contributed by atoms with van der Waals surface area (Å²) in [6, 6.07) is 1.45. The molecule has 0 aliphatic heterocycles. The van der Waals surface area contributed by atoms with Crippen LogP contribution in [0.5, 0.6) is 0 Å². The molecule has 0 saturated carbocycles. The number of aromatic amines is 1. The fraction of sp³-hybridized carbons (Fsp3) is 0. The Balaban J connectivity index is 3.23. The van der Waals surface area contributed by atoms with Crippen molar-refractivity contribution in [3.05, 3.63) is 21.9 Å². The van der Waals surface area contributed by atoms with Gasteiger partial charge in [0.1, 0.15) is 0 Å². The quantitative estimate of drug-likeness (QED) is 0.476. The minimum Gasteiger partial charge on any atom is -0.313 e. The standard InChI is InChI=1S/C4H3N3OS/c8-7-3-1-2-5-4(9)6-3/h1-2H,(H,5,6,9). The first-order valence-corrected chi connectivity index (χ1v) is 2.62. The van der Waals surface area contributed by atoms with E-state index in [-0.39, 0.29) is 10.6 Å². The first-order valence-electron chi connectivity index (χ1n) is 2.21. The van der Waals surface area contributed by atoms with Crippen molar-refractivity contribution in [3.63, 3.8) is 0 Å². The van der Waals surface area contributed by atoms with Crippen LogP contribution in [0.4, 0.5) is 5.82 Å². The molecule has 0 aliphatic rings. The van der Waals surface area contributed by atoms with E-state index < -0.39 is 0 Å². The molecule has 0 aromatic carbocycles. The van der Waals surface area contributed by atoms with E-state index in [1.54, 1.807) is 0 Å². The van der Waals surface area contributed by atoms with Crippen molar-refractivity contribution in [1.82, 2.24) is 9.97 Å². The molecule has 0 bridgehead atoms. The second kappa shape index (κ2) is 2.45. The molecule has 0 radical (unpaired) electrons. The smallest absolute Gasteiger partial charge is 0.198 e. The van der Waals surface area contributed by atoms with Gasteiger partial charge in [-0.1, -0.05) is 0 Å². The summed E-state index contributed by atoms with van der Waals surface area (Å²) in [5.41, 5.74) is 0. The van der Waals surface area contributed by atoms with E-state index >= 15 is 0 Å². The molecule has 5 heteroatoms. The number of nitrogens with one attached hydrogen (secondary N) is 1. The third-order valence-corrected chi connectivity index (χ3v) is 0.965. The van der Waals surface area contributed by atoms with Crippen molar-refractivity contribution in [2.45, 2.75) is 0 Å². The lowest BCUT2D eigenvalue weighted by Crippen LogP contribution is -1.76. The van der Waals surface area contributed by atoms with Gasteiger partial charge in [-0.2, -0.15) is 0 Å². The Morgan fingerprint density at radius 2 is 2.56 bits per heavy atom. The second-order valence-electron chi connectivity index (χ2n) is 1.35. The maximum Gasteiger partial charge on any atom is 0.198 e. The van der Waals surface area contributed by atoms with Gasteiger partial charge in [0.15, 0.2) is 10.6 Å². The molecule has 0 unspecified atom stereocenters. The number of hydrogen-bond donors (Lipinski definition) is 1. The first-order chi connectivity index (χ1) is 4.33. The van der Waals surface area contributed by atoms with Gasteiger partial charge >= 0.3 is 0 Å². The molecule has 1 N–H and O–H groups in total. The zero-order chi connectivity index (χ0) is 6.69. The molecule has 0 saturated heterocycles. The molecule has 1 heterocycles. The summed E-state index contributed by atoms with van der Waals surface area (Å²) < 4.78 is 0.270. The van der Waals surface area contributed by atoms with Crippen molar-refractivity contribution in [2.75, 3.05) is 0 Å². The number of nitrogens with zero attached hydrogens (tertiary/aromatic N) is 2. The molecular formula is C4H3N3OS. The Hall–Kier alpha value is -1.10. The maximum atomic E-state index is 9.80. The summed E-state index contributed by atoms with van der Waals surface area (Å²) in [4.78, 5) is 15.9. The third-order valence-electron chi connectivity index (χ3n) is 0.758. The van der Waals surface area contributed by atoms with E-state index in [9.17, 15) is 4.91 Å². The molecule has 0 amide bonds. The van der Waals surface area contributed by atoms with Crippen LogP contribution in [0.3, 0.4) is 0 Å². The third kappa shape index (κ3) is 1.39. The molecule has 9 heavy (non-hydrogen) atoms. The topological polar surface area (TPSA) is 58.1 Å². The SMILES string of the molecule is O=Nc1ccnc(=S)[nH]1. The van der Waals surface area contributed by atoms with Crippen molar-refractivity contribution in [3.8, 4) is 0 Å². The Kier molecular flexibility index (Phi) is 1.64. The Bertz CT molecular complexity index is 269. The number of rotatable bonds is 1. The van der Waals surface area contributed by atoms with Gasteiger partial charge in [-0.25, -0.2) is 4.98 Å². The van der Waals surface area contributed by atoms with Crippen molar-refractivity contribution in [2.24, 2.45) is 5.18 Å². The zero-order valence-corrected chi connectivity index (χ0v) is 5.18. The van der Waals surface area contributed by atoms with E-state index in [0.717, 1.165) is 0 Å². The average molecular weight is 141 g/mol. The van der Waals surface area contributed by atoms with E-state index in [4.69, 9.17) is 0 Å². The highest BCUT2D eigenvalue weighted by atomic mass is 32.1. The molecule has 46 valence electrons. The Labute approximate surface area is 55.9 Å². The molecule has 1 aromatic rings. The summed E-state index contributed by atoms with van der Waals surface area (Å²) in [6.07, 6.45) is 1.43. The van der Waals surface area contributed by atoms with E-state index in [1.807, 2.05) is 0 Å². The summed E-state index contributed by atoms with van der Waals surface area (Å²) in [5.74, 6) is 0.204. The van der Waals surface area contributed by atoms with Crippen LogP contribution in [0.1, 0.15) is 0 Å². The molecule has 0 spiro atoms. The number of aromatic nitrogens is 2. The minimum absolute atomic E-state index is 0.204. The second-order valence-corrected chi connectivity index (χ2v) is 1.74. The van der Waals surface area contributed by atoms with Gasteiger partial charge in [0.05, 0.1) is 0 Å². The van der Waals surface area contributed by atoms with Crippen LogP contribution in [-0.4, -0.2) is 9.97 Å². The molecule has 0 aliphatic carbocycles. The highest BCUT2D eigenvalue weighted by Crippen LogP contribution is 2.01. The predicted molar refractivity (Wildman–Crippen MR) is 34.9 cm³/mol. The fourth-order valence-electron chi connectivity index (χ4n) is 0.412. The molecule has 0 atom stereocenters.